The Bertz CT molecular complexity index is 783. The van der Waals surface area contributed by atoms with Gasteiger partial charge in [0.1, 0.15) is 0 Å². The van der Waals surface area contributed by atoms with Gasteiger partial charge in [0.15, 0.2) is 0 Å². The lowest BCUT2D eigenvalue weighted by Crippen LogP contribution is -2.47. The topological polar surface area (TPSA) is 32.3 Å². The van der Waals surface area contributed by atoms with E-state index in [-0.39, 0.29) is 5.92 Å². The monoisotopic (exact) mass is 484 g/mol. The molecule has 5 rings (SSSR count). The van der Waals surface area contributed by atoms with Crippen LogP contribution in [-0.4, -0.2) is 36.5 Å². The van der Waals surface area contributed by atoms with E-state index in [2.05, 4.69) is 28.4 Å². The molecule has 0 radical (unpaired) electrons. The van der Waals surface area contributed by atoms with Crippen molar-refractivity contribution >= 4 is 17.5 Å². The summed E-state index contributed by atoms with van der Waals surface area (Å²) in [7, 11) is 0. The molecule has 0 unspecified atom stereocenters. The molecule has 34 heavy (non-hydrogen) atoms. The van der Waals surface area contributed by atoms with Gasteiger partial charge in [0.2, 0.25) is 5.91 Å². The van der Waals surface area contributed by atoms with Crippen LogP contribution in [0.2, 0.25) is 5.02 Å². The molecule has 4 aliphatic rings. The molecular weight excluding hydrogens is 440 g/mol. The van der Waals surface area contributed by atoms with Crippen LogP contribution in [0.1, 0.15) is 89.0 Å². The molecule has 188 valence electrons. The van der Waals surface area contributed by atoms with Gasteiger partial charge >= 0.3 is 0 Å². The first-order valence-corrected chi connectivity index (χ1v) is 14.8. The first-order valence-electron chi connectivity index (χ1n) is 14.4. The first-order chi connectivity index (χ1) is 16.7. The molecule has 0 aromatic heterocycles. The lowest BCUT2D eigenvalue weighted by Gasteiger charge is -2.37. The second kappa shape index (κ2) is 11.8. The lowest BCUT2D eigenvalue weighted by atomic mass is 9.69. The predicted molar refractivity (Wildman–Crippen MR) is 141 cm³/mol. The second-order valence-corrected chi connectivity index (χ2v) is 12.4. The van der Waals surface area contributed by atoms with Gasteiger partial charge in [-0.1, -0.05) is 62.3 Å². The van der Waals surface area contributed by atoms with Crippen LogP contribution in [0.5, 0.6) is 0 Å². The minimum Gasteiger partial charge on any atom is -0.353 e. The molecule has 3 nitrogen and oxygen atoms in total. The number of amides is 1. The van der Waals surface area contributed by atoms with Gasteiger partial charge in [-0.05, 0) is 99.3 Å². The van der Waals surface area contributed by atoms with Gasteiger partial charge in [0, 0.05) is 30.1 Å². The normalized spacial score (nSPS) is 28.9. The molecule has 1 saturated heterocycles. The largest absolute Gasteiger partial charge is 0.353 e. The zero-order valence-corrected chi connectivity index (χ0v) is 21.8. The third-order valence-electron chi connectivity index (χ3n) is 9.71. The van der Waals surface area contributed by atoms with E-state index in [0.717, 1.165) is 23.9 Å². The summed E-state index contributed by atoms with van der Waals surface area (Å²) in [4.78, 5) is 16.5. The number of likely N-dealkylation sites (tertiary alicyclic amines) is 1. The van der Waals surface area contributed by atoms with E-state index in [1.165, 1.54) is 102 Å². The summed E-state index contributed by atoms with van der Waals surface area (Å²) in [6, 6.07) is 8.70. The van der Waals surface area contributed by atoms with Gasteiger partial charge in [-0.2, -0.15) is 0 Å². The molecule has 1 aromatic carbocycles. The number of hydrogen-bond donors (Lipinski definition) is 1. The zero-order valence-electron chi connectivity index (χ0n) is 21.0. The van der Waals surface area contributed by atoms with Crippen LogP contribution < -0.4 is 5.32 Å². The van der Waals surface area contributed by atoms with Gasteiger partial charge in [-0.25, -0.2) is 0 Å². The standard InChI is InChI=1S/C30H45ClN2O/c31-26-15-7-9-22(19-26)10-8-18-33-20-25-16-17-28(27(25)21-33)32-30(34)29(23-11-3-1-4-12-23)24-13-5-2-6-14-24/h7,9,15,19,23-25,27-29H,1-6,8,10-14,16-18,20-21H2,(H,32,34)/t25-,27+,28-/m0/s1. The van der Waals surface area contributed by atoms with E-state index in [4.69, 9.17) is 11.6 Å². The van der Waals surface area contributed by atoms with Crippen molar-refractivity contribution in [1.82, 2.24) is 10.2 Å². The van der Waals surface area contributed by atoms with Crippen molar-refractivity contribution in [2.75, 3.05) is 19.6 Å². The van der Waals surface area contributed by atoms with Crippen LogP contribution >= 0.6 is 11.6 Å². The highest BCUT2D eigenvalue weighted by Crippen LogP contribution is 2.42. The summed E-state index contributed by atoms with van der Waals surface area (Å²) in [6.07, 6.45) is 18.0. The second-order valence-electron chi connectivity index (χ2n) is 11.9. The maximum Gasteiger partial charge on any atom is 0.223 e. The highest BCUT2D eigenvalue weighted by Gasteiger charge is 2.44. The van der Waals surface area contributed by atoms with Crippen molar-refractivity contribution < 1.29 is 4.79 Å². The molecule has 3 atom stereocenters. The van der Waals surface area contributed by atoms with Crippen molar-refractivity contribution in [2.24, 2.45) is 29.6 Å². The smallest absolute Gasteiger partial charge is 0.223 e. The van der Waals surface area contributed by atoms with Crippen molar-refractivity contribution in [3.05, 3.63) is 34.9 Å². The fourth-order valence-corrected chi connectivity index (χ4v) is 8.21. The predicted octanol–water partition coefficient (Wildman–Crippen LogP) is 6.88. The summed E-state index contributed by atoms with van der Waals surface area (Å²) in [5.74, 6) is 3.44. The summed E-state index contributed by atoms with van der Waals surface area (Å²) in [6.45, 7) is 3.55. The zero-order chi connectivity index (χ0) is 23.3. The summed E-state index contributed by atoms with van der Waals surface area (Å²) in [5, 5.41) is 4.51. The number of nitrogens with zero attached hydrogens (tertiary/aromatic N) is 1. The molecule has 1 heterocycles. The van der Waals surface area contributed by atoms with E-state index in [0.29, 0.717) is 29.7 Å². The number of benzene rings is 1. The van der Waals surface area contributed by atoms with Crippen LogP contribution in [0.25, 0.3) is 0 Å². The van der Waals surface area contributed by atoms with E-state index in [1.54, 1.807) is 0 Å². The Labute approximate surface area is 212 Å². The van der Waals surface area contributed by atoms with E-state index < -0.39 is 0 Å². The van der Waals surface area contributed by atoms with Crippen molar-refractivity contribution in [2.45, 2.75) is 95.9 Å². The number of aryl methyl sites for hydroxylation is 1. The van der Waals surface area contributed by atoms with Gasteiger partial charge in [-0.15, -0.1) is 0 Å². The Morgan fingerprint density at radius 2 is 1.65 bits per heavy atom. The number of fused-ring (bicyclic) bond motifs is 1. The van der Waals surface area contributed by atoms with Gasteiger partial charge < -0.3 is 10.2 Å². The molecule has 1 N–H and O–H groups in total. The molecule has 4 heteroatoms. The summed E-state index contributed by atoms with van der Waals surface area (Å²) in [5.41, 5.74) is 1.34. The molecule has 1 aromatic rings. The van der Waals surface area contributed by atoms with Crippen LogP contribution in [0.15, 0.2) is 24.3 Å². The first kappa shape index (κ1) is 24.6. The highest BCUT2D eigenvalue weighted by molar-refractivity contribution is 6.30. The minimum absolute atomic E-state index is 0.287. The number of nitrogens with one attached hydrogen (secondary N) is 1. The van der Waals surface area contributed by atoms with Crippen LogP contribution in [0.4, 0.5) is 0 Å². The van der Waals surface area contributed by atoms with Crippen molar-refractivity contribution in [1.29, 1.82) is 0 Å². The molecule has 0 spiro atoms. The Morgan fingerprint density at radius 3 is 2.32 bits per heavy atom. The Hall–Kier alpha value is -1.06. The number of carbonyl (C=O) groups excluding carboxylic acids is 1. The van der Waals surface area contributed by atoms with Crippen LogP contribution in [0.3, 0.4) is 0 Å². The fourth-order valence-electron chi connectivity index (χ4n) is 8.00. The van der Waals surface area contributed by atoms with Gasteiger partial charge in [-0.3, -0.25) is 4.79 Å². The number of carbonyl (C=O) groups is 1. The highest BCUT2D eigenvalue weighted by atomic mass is 35.5. The Balaban J connectivity index is 1.14. The average Bonchev–Trinajstić information content (AvgIpc) is 3.42. The molecule has 3 aliphatic carbocycles. The van der Waals surface area contributed by atoms with Gasteiger partial charge in [0.25, 0.3) is 0 Å². The number of rotatable bonds is 8. The quantitative estimate of drug-likeness (QED) is 0.436. The van der Waals surface area contributed by atoms with E-state index in [1.807, 2.05) is 6.07 Å². The SMILES string of the molecule is O=C(N[C@H]1CC[C@H]2CN(CCCc3cccc(Cl)c3)C[C@H]21)C(C1CCCCC1)C1CCCCC1. The van der Waals surface area contributed by atoms with Crippen LogP contribution in [-0.2, 0) is 11.2 Å². The number of halogens is 1. The Morgan fingerprint density at radius 1 is 0.941 bits per heavy atom. The van der Waals surface area contributed by atoms with Crippen LogP contribution in [0, 0.1) is 29.6 Å². The van der Waals surface area contributed by atoms with E-state index in [9.17, 15) is 4.79 Å². The van der Waals surface area contributed by atoms with E-state index >= 15 is 0 Å². The molecule has 4 fully saturated rings. The Kier molecular flexibility index (Phi) is 8.53. The molecule has 3 saturated carbocycles. The van der Waals surface area contributed by atoms with Gasteiger partial charge in [0.05, 0.1) is 0 Å². The number of hydrogen-bond acceptors (Lipinski definition) is 2. The third kappa shape index (κ3) is 6.01. The van der Waals surface area contributed by atoms with Crippen molar-refractivity contribution in [3.63, 3.8) is 0 Å². The lowest BCUT2D eigenvalue weighted by molar-refractivity contribution is -0.131. The molecular formula is C30H45ClN2O. The molecule has 0 bridgehead atoms. The summed E-state index contributed by atoms with van der Waals surface area (Å²) < 4.78 is 0. The average molecular weight is 485 g/mol. The molecule has 1 aliphatic heterocycles. The van der Waals surface area contributed by atoms with Crippen molar-refractivity contribution in [3.8, 4) is 0 Å². The maximum absolute atomic E-state index is 13.8. The molecule has 1 amide bonds. The third-order valence-corrected chi connectivity index (χ3v) is 9.94. The fraction of sp³-hybridized carbons (Fsp3) is 0.767. The maximum atomic E-state index is 13.8. The summed E-state index contributed by atoms with van der Waals surface area (Å²) >= 11 is 6.15. The minimum atomic E-state index is 0.287.